The van der Waals surface area contributed by atoms with Crippen molar-refractivity contribution in [3.63, 3.8) is 0 Å². The van der Waals surface area contributed by atoms with E-state index < -0.39 is 20.9 Å². The number of hydrogen-bond acceptors (Lipinski definition) is 4. The molecule has 0 saturated carbocycles. The predicted octanol–water partition coefficient (Wildman–Crippen LogP) is 1.75. The van der Waals surface area contributed by atoms with Crippen LogP contribution in [0.15, 0.2) is 24.3 Å². The summed E-state index contributed by atoms with van der Waals surface area (Å²) in [6.45, 7) is 3.24. The van der Waals surface area contributed by atoms with Crippen molar-refractivity contribution in [1.29, 1.82) is 0 Å². The van der Waals surface area contributed by atoms with E-state index in [0.717, 1.165) is 0 Å². The number of rotatable bonds is 2. The van der Waals surface area contributed by atoms with Gasteiger partial charge >= 0.3 is 6.03 Å². The number of likely N-dealkylation sites (N-methyl/N-ethyl adjacent to an activating group) is 1. The largest absolute Gasteiger partial charge is 0.365 e. The van der Waals surface area contributed by atoms with Crippen LogP contribution in [0, 0.1) is 0 Å². The second-order valence-corrected chi connectivity index (χ2v) is 9.37. The zero-order valence-electron chi connectivity index (χ0n) is 13.8. The Morgan fingerprint density at radius 2 is 2.08 bits per heavy atom. The quantitative estimate of drug-likeness (QED) is 0.841. The second-order valence-electron chi connectivity index (χ2n) is 6.82. The van der Waals surface area contributed by atoms with E-state index >= 15 is 0 Å². The third-order valence-electron chi connectivity index (χ3n) is 5.25. The van der Waals surface area contributed by atoms with Gasteiger partial charge in [-0.3, -0.25) is 0 Å². The molecule has 3 aliphatic heterocycles. The van der Waals surface area contributed by atoms with Gasteiger partial charge in [0.1, 0.15) is 10.9 Å². The molecule has 25 heavy (non-hydrogen) atoms. The molecule has 0 aromatic heterocycles. The maximum atomic E-state index is 12.7. The highest BCUT2D eigenvalue weighted by molar-refractivity contribution is 7.90. The van der Waals surface area contributed by atoms with Crippen molar-refractivity contribution in [1.82, 2.24) is 9.21 Å². The molecule has 9 heteroatoms. The van der Waals surface area contributed by atoms with Crippen molar-refractivity contribution in [2.24, 2.45) is 0 Å². The number of sulfonamides is 1. The Kier molecular flexibility index (Phi) is 3.99. The molecule has 7 nitrogen and oxygen atoms in total. The molecule has 3 heterocycles. The smallest absolute Gasteiger partial charge is 0.322 e. The SMILES string of the molecule is CCN1C[C@@]23CN(C(=O)Nc4ccc(Cl)cc4)C[C@@H](C[C@@H]2S1(=O)=O)O3. The minimum atomic E-state index is -3.36. The van der Waals surface area contributed by atoms with Crippen molar-refractivity contribution < 1.29 is 17.9 Å². The van der Waals surface area contributed by atoms with E-state index in [1.165, 1.54) is 4.31 Å². The molecule has 3 fully saturated rings. The van der Waals surface area contributed by atoms with E-state index in [4.69, 9.17) is 16.3 Å². The summed E-state index contributed by atoms with van der Waals surface area (Å²) in [5.41, 5.74) is -0.161. The number of fused-ring (bicyclic) bond motifs is 1. The lowest BCUT2D eigenvalue weighted by Crippen LogP contribution is -2.57. The standard InChI is InChI=1S/C16H20ClN3O4S/c1-2-20-10-16-9-19(8-13(24-16)7-14(16)25(20,22)23)15(21)18-12-5-3-11(17)4-6-12/h3-6,13-14H,2,7-10H2,1H3,(H,18,21)/t13-,14+,16+/m1/s1. The molecule has 1 N–H and O–H groups in total. The average molecular weight is 386 g/mol. The van der Waals surface area contributed by atoms with Gasteiger partial charge in [0.25, 0.3) is 0 Å². The molecule has 0 aliphatic carbocycles. The monoisotopic (exact) mass is 385 g/mol. The molecule has 1 aromatic rings. The van der Waals surface area contributed by atoms with E-state index in [2.05, 4.69) is 5.32 Å². The number of nitrogens with zero attached hydrogens (tertiary/aromatic N) is 2. The summed E-state index contributed by atoms with van der Waals surface area (Å²) < 4.78 is 32.8. The molecule has 0 unspecified atom stereocenters. The maximum absolute atomic E-state index is 12.7. The molecule has 0 radical (unpaired) electrons. The second kappa shape index (κ2) is 5.84. The fraction of sp³-hybridized carbons (Fsp3) is 0.562. The lowest BCUT2D eigenvalue weighted by molar-refractivity contribution is -0.0940. The van der Waals surface area contributed by atoms with Crippen LogP contribution in [0.3, 0.4) is 0 Å². The van der Waals surface area contributed by atoms with Crippen LogP contribution in [-0.4, -0.2) is 66.8 Å². The molecule has 2 bridgehead atoms. The first-order chi connectivity index (χ1) is 11.8. The molecule has 1 aromatic carbocycles. The summed E-state index contributed by atoms with van der Waals surface area (Å²) in [4.78, 5) is 14.3. The molecule has 3 aliphatic rings. The van der Waals surface area contributed by atoms with Gasteiger partial charge in [-0.2, -0.15) is 4.31 Å². The first kappa shape index (κ1) is 17.1. The average Bonchev–Trinajstić information content (AvgIpc) is 2.95. The summed E-state index contributed by atoms with van der Waals surface area (Å²) in [6, 6.07) is 6.63. The highest BCUT2D eigenvalue weighted by Crippen LogP contribution is 2.46. The minimum absolute atomic E-state index is 0.233. The van der Waals surface area contributed by atoms with Crippen molar-refractivity contribution in [2.45, 2.75) is 30.3 Å². The van der Waals surface area contributed by atoms with E-state index in [1.807, 2.05) is 6.92 Å². The molecule has 136 valence electrons. The van der Waals surface area contributed by atoms with Crippen molar-refractivity contribution in [2.75, 3.05) is 31.5 Å². The van der Waals surface area contributed by atoms with E-state index in [0.29, 0.717) is 36.8 Å². The lowest BCUT2D eigenvalue weighted by atomic mass is 9.99. The van der Waals surface area contributed by atoms with E-state index in [9.17, 15) is 13.2 Å². The van der Waals surface area contributed by atoms with Crippen LogP contribution >= 0.6 is 11.6 Å². The summed E-state index contributed by atoms with van der Waals surface area (Å²) in [7, 11) is -3.36. The van der Waals surface area contributed by atoms with Crippen molar-refractivity contribution in [3.8, 4) is 0 Å². The number of anilines is 1. The molecule has 4 rings (SSSR count). The molecule has 1 spiro atoms. The predicted molar refractivity (Wildman–Crippen MR) is 94.2 cm³/mol. The zero-order chi connectivity index (χ0) is 17.8. The van der Waals surface area contributed by atoms with Crippen molar-refractivity contribution >= 4 is 33.3 Å². The third kappa shape index (κ3) is 2.71. The van der Waals surface area contributed by atoms with Crippen LogP contribution in [0.25, 0.3) is 0 Å². The molecule has 3 saturated heterocycles. The summed E-state index contributed by atoms with van der Waals surface area (Å²) in [6.07, 6.45) is 0.215. The number of halogens is 1. The number of ether oxygens (including phenoxy) is 1. The van der Waals surface area contributed by atoms with E-state index in [1.54, 1.807) is 29.2 Å². The molecule has 3 atom stereocenters. The van der Waals surface area contributed by atoms with Gasteiger partial charge in [0, 0.05) is 30.3 Å². The third-order valence-corrected chi connectivity index (χ3v) is 7.95. The Bertz CT molecular complexity index is 800. The number of morpholine rings is 1. The van der Waals surface area contributed by atoms with Crippen LogP contribution < -0.4 is 5.32 Å². The van der Waals surface area contributed by atoms with Gasteiger partial charge in [-0.05, 0) is 30.7 Å². The number of carbonyl (C=O) groups is 1. The fourth-order valence-corrected chi connectivity index (χ4v) is 6.58. The highest BCUT2D eigenvalue weighted by atomic mass is 35.5. The van der Waals surface area contributed by atoms with Gasteiger partial charge < -0.3 is 15.0 Å². The number of urea groups is 1. The fourth-order valence-electron chi connectivity index (χ4n) is 4.13. The number of amides is 2. The van der Waals surface area contributed by atoms with Crippen LogP contribution in [-0.2, 0) is 14.8 Å². The Morgan fingerprint density at radius 3 is 2.76 bits per heavy atom. The summed E-state index contributed by atoms with van der Waals surface area (Å²) in [5, 5.41) is 2.88. The Labute approximate surface area is 151 Å². The molecule has 2 amide bonds. The van der Waals surface area contributed by atoms with Gasteiger partial charge in [0.2, 0.25) is 10.0 Å². The van der Waals surface area contributed by atoms with Crippen LogP contribution in [0.4, 0.5) is 10.5 Å². The van der Waals surface area contributed by atoms with Crippen LogP contribution in [0.1, 0.15) is 13.3 Å². The lowest BCUT2D eigenvalue weighted by Gasteiger charge is -2.39. The maximum Gasteiger partial charge on any atom is 0.322 e. The van der Waals surface area contributed by atoms with Crippen LogP contribution in [0.2, 0.25) is 5.02 Å². The first-order valence-corrected chi connectivity index (χ1v) is 10.2. The normalized spacial score (nSPS) is 33.3. The number of hydrogen-bond donors (Lipinski definition) is 1. The number of likely N-dealkylation sites (tertiary alicyclic amines) is 1. The van der Waals surface area contributed by atoms with E-state index in [-0.39, 0.29) is 18.7 Å². The van der Waals surface area contributed by atoms with Gasteiger partial charge in [-0.1, -0.05) is 18.5 Å². The molecular weight excluding hydrogens is 366 g/mol. The number of benzene rings is 1. The Morgan fingerprint density at radius 1 is 1.36 bits per heavy atom. The first-order valence-electron chi connectivity index (χ1n) is 8.32. The van der Waals surface area contributed by atoms with Gasteiger partial charge in [0.05, 0.1) is 12.6 Å². The van der Waals surface area contributed by atoms with Gasteiger partial charge in [-0.25, -0.2) is 13.2 Å². The number of carbonyl (C=O) groups excluding carboxylic acids is 1. The summed E-state index contributed by atoms with van der Waals surface area (Å²) in [5.74, 6) is 0. The Balaban J connectivity index is 1.53. The van der Waals surface area contributed by atoms with Crippen LogP contribution in [0.5, 0.6) is 0 Å². The van der Waals surface area contributed by atoms with Gasteiger partial charge in [-0.15, -0.1) is 0 Å². The molecular formula is C16H20ClN3O4S. The summed E-state index contributed by atoms with van der Waals surface area (Å²) >= 11 is 5.86. The number of nitrogens with one attached hydrogen (secondary N) is 1. The highest BCUT2D eigenvalue weighted by Gasteiger charge is 2.65. The minimum Gasteiger partial charge on any atom is -0.365 e. The zero-order valence-corrected chi connectivity index (χ0v) is 15.4. The van der Waals surface area contributed by atoms with Gasteiger partial charge in [0.15, 0.2) is 0 Å². The topological polar surface area (TPSA) is 79.0 Å². The van der Waals surface area contributed by atoms with Crippen molar-refractivity contribution in [3.05, 3.63) is 29.3 Å². The Hall–Kier alpha value is -1.35.